The summed E-state index contributed by atoms with van der Waals surface area (Å²) in [5, 5.41) is 44.0. The van der Waals surface area contributed by atoms with Gasteiger partial charge in [0, 0.05) is 44.9 Å². The third-order valence-electron chi connectivity index (χ3n) is 12.6. The number of carbonyl (C=O) groups excluding carboxylic acids is 4. The molecule has 13 heteroatoms. The van der Waals surface area contributed by atoms with Gasteiger partial charge in [0.2, 0.25) is 5.79 Å². The van der Waals surface area contributed by atoms with Crippen molar-refractivity contribution in [2.75, 3.05) is 20.8 Å². The predicted octanol–water partition coefficient (Wildman–Crippen LogP) is 3.82. The number of aliphatic hydroxyl groups is 4. The highest BCUT2D eigenvalue weighted by atomic mass is 16.7. The molecule has 0 aromatic carbocycles. The molecule has 1 aliphatic carbocycles. The van der Waals surface area contributed by atoms with Crippen molar-refractivity contribution in [3.63, 3.8) is 0 Å². The fraction of sp³-hybridized carbons (Fsp3) is 0.810. The highest BCUT2D eigenvalue weighted by Gasteiger charge is 2.56. The molecule has 3 aliphatic heterocycles. The van der Waals surface area contributed by atoms with E-state index >= 15 is 0 Å². The number of Topliss-reactive ketones (excluding diaryl/α,β-unsaturated/α-hetero) is 2. The van der Waals surface area contributed by atoms with E-state index in [9.17, 15) is 39.6 Å². The molecule has 4 rings (SSSR count). The lowest BCUT2D eigenvalue weighted by molar-refractivity contribution is -0.302. The summed E-state index contributed by atoms with van der Waals surface area (Å²) in [6.45, 7) is 11.1. The highest BCUT2D eigenvalue weighted by Crippen LogP contribution is 2.39. The lowest BCUT2D eigenvalue weighted by Crippen LogP contribution is -2.64. The Morgan fingerprint density at radius 2 is 1.60 bits per heavy atom. The number of rotatable bonds is 5. The Morgan fingerprint density at radius 1 is 0.927 bits per heavy atom. The first-order valence-electron chi connectivity index (χ1n) is 20.4. The Bertz CT molecular complexity index is 1410. The fourth-order valence-corrected chi connectivity index (χ4v) is 9.16. The SMILES string of the molecule is CC[C@@H]1/C=C(\C)C[C@H](C)CC(OC)[C@H]2O[C@@](O)(C(=O)C(=O)N3CCCC[C@H]3C(=O)O[C@H](/C(C)=C/[C@H]3CC[C@H](O)[C@@H](O)C3)[C@H](C)[C@@H](O)CC1=O)[C@H](C)C[C@@H]2OC. The van der Waals surface area contributed by atoms with Gasteiger partial charge < -0.3 is 44.3 Å². The van der Waals surface area contributed by atoms with Gasteiger partial charge in [-0.05, 0) is 95.5 Å². The number of methoxy groups -OCH3 is 2. The van der Waals surface area contributed by atoms with E-state index in [1.807, 2.05) is 32.9 Å². The Labute approximate surface area is 326 Å². The molecule has 14 atom stereocenters. The van der Waals surface area contributed by atoms with Crippen molar-refractivity contribution in [1.29, 1.82) is 0 Å². The van der Waals surface area contributed by atoms with Crippen LogP contribution < -0.4 is 0 Å². The number of hydrogen-bond acceptors (Lipinski definition) is 12. The minimum atomic E-state index is -2.51. The molecule has 1 amide bonds. The molecule has 0 spiro atoms. The average molecular weight is 778 g/mol. The maximum atomic E-state index is 14.2. The number of hydrogen-bond donors (Lipinski definition) is 4. The first-order chi connectivity index (χ1) is 25.9. The summed E-state index contributed by atoms with van der Waals surface area (Å²) < 4.78 is 24.1. The number of amides is 1. The van der Waals surface area contributed by atoms with Gasteiger partial charge in [-0.1, -0.05) is 45.4 Å². The summed E-state index contributed by atoms with van der Waals surface area (Å²) in [5.41, 5.74) is 1.59. The molecule has 0 radical (unpaired) electrons. The molecule has 4 aliphatic rings. The molecule has 1 unspecified atom stereocenters. The van der Waals surface area contributed by atoms with Crippen molar-refractivity contribution in [1.82, 2.24) is 4.90 Å². The van der Waals surface area contributed by atoms with Gasteiger partial charge in [0.1, 0.15) is 24.0 Å². The minimum Gasteiger partial charge on any atom is -0.456 e. The summed E-state index contributed by atoms with van der Waals surface area (Å²) in [5.74, 6) is -7.77. The summed E-state index contributed by atoms with van der Waals surface area (Å²) in [4.78, 5) is 57.4. The van der Waals surface area contributed by atoms with Crippen LogP contribution in [-0.2, 0) is 38.1 Å². The predicted molar refractivity (Wildman–Crippen MR) is 203 cm³/mol. The van der Waals surface area contributed by atoms with Gasteiger partial charge in [-0.15, -0.1) is 0 Å². The van der Waals surface area contributed by atoms with E-state index in [2.05, 4.69) is 0 Å². The largest absolute Gasteiger partial charge is 0.456 e. The van der Waals surface area contributed by atoms with Crippen molar-refractivity contribution in [3.05, 3.63) is 23.3 Å². The topological polar surface area (TPSA) is 189 Å². The number of allylic oxidation sites excluding steroid dienone is 3. The third kappa shape index (κ3) is 10.7. The average Bonchev–Trinajstić information content (AvgIpc) is 3.15. The Morgan fingerprint density at radius 3 is 2.24 bits per heavy atom. The lowest BCUT2D eigenvalue weighted by atomic mass is 9.81. The Hall–Kier alpha value is -2.52. The molecule has 2 bridgehead atoms. The van der Waals surface area contributed by atoms with E-state index in [1.54, 1.807) is 20.8 Å². The number of ether oxygens (including phenoxy) is 4. The van der Waals surface area contributed by atoms with Crippen LogP contribution in [0.2, 0.25) is 0 Å². The van der Waals surface area contributed by atoms with Crippen molar-refractivity contribution in [2.45, 2.75) is 167 Å². The second-order valence-corrected chi connectivity index (χ2v) is 16.9. The van der Waals surface area contributed by atoms with Crippen LogP contribution in [0.5, 0.6) is 0 Å². The number of esters is 1. The smallest absolute Gasteiger partial charge is 0.329 e. The van der Waals surface area contributed by atoms with Crippen LogP contribution in [0.25, 0.3) is 0 Å². The van der Waals surface area contributed by atoms with Gasteiger partial charge in [0.05, 0.1) is 30.5 Å². The lowest BCUT2D eigenvalue weighted by Gasteiger charge is -2.47. The van der Waals surface area contributed by atoms with Crippen LogP contribution in [-0.4, -0.2) is 124 Å². The van der Waals surface area contributed by atoms with Crippen molar-refractivity contribution in [3.8, 4) is 0 Å². The second kappa shape index (κ2) is 19.8. The van der Waals surface area contributed by atoms with E-state index in [1.165, 1.54) is 14.2 Å². The van der Waals surface area contributed by atoms with E-state index < -0.39 is 90.0 Å². The summed E-state index contributed by atoms with van der Waals surface area (Å²) in [6.07, 6.45) is 2.16. The van der Waals surface area contributed by atoms with Gasteiger partial charge in [-0.3, -0.25) is 14.4 Å². The molecule has 312 valence electrons. The van der Waals surface area contributed by atoms with Gasteiger partial charge >= 0.3 is 5.97 Å². The second-order valence-electron chi connectivity index (χ2n) is 16.9. The number of aliphatic hydroxyl groups excluding tert-OH is 3. The summed E-state index contributed by atoms with van der Waals surface area (Å²) in [7, 11) is 3.05. The van der Waals surface area contributed by atoms with Crippen molar-refractivity contribution < 1.29 is 58.6 Å². The van der Waals surface area contributed by atoms with Gasteiger partial charge in [0.25, 0.3) is 11.7 Å². The van der Waals surface area contributed by atoms with Crippen molar-refractivity contribution in [2.24, 2.45) is 29.6 Å². The number of nitrogens with zero attached hydrogens (tertiary/aromatic N) is 1. The Balaban J connectivity index is 1.76. The normalized spacial score (nSPS) is 42.1. The monoisotopic (exact) mass is 777 g/mol. The van der Waals surface area contributed by atoms with E-state index in [-0.39, 0.29) is 43.4 Å². The van der Waals surface area contributed by atoms with Crippen LogP contribution in [0.1, 0.15) is 112 Å². The molecule has 3 heterocycles. The number of piperidine rings is 1. The zero-order valence-corrected chi connectivity index (χ0v) is 34.1. The molecule has 0 aromatic heterocycles. The Kier molecular flexibility index (Phi) is 16.2. The molecule has 1 saturated carbocycles. The third-order valence-corrected chi connectivity index (χ3v) is 12.6. The maximum Gasteiger partial charge on any atom is 0.329 e. The zero-order valence-electron chi connectivity index (χ0n) is 34.1. The minimum absolute atomic E-state index is 0.0285. The molecular formula is C42H67NO12. The van der Waals surface area contributed by atoms with Gasteiger partial charge in [0.15, 0.2) is 0 Å². The number of fused-ring (bicyclic) bond motifs is 3. The molecule has 4 N–H and O–H groups in total. The number of cyclic esters (lactones) is 1. The van der Waals surface area contributed by atoms with Crippen LogP contribution >= 0.6 is 0 Å². The molecule has 13 nitrogen and oxygen atoms in total. The molecule has 0 aromatic rings. The van der Waals surface area contributed by atoms with E-state index in [4.69, 9.17) is 18.9 Å². The molecule has 3 fully saturated rings. The maximum absolute atomic E-state index is 14.2. The number of carbonyl (C=O) groups is 4. The molecule has 55 heavy (non-hydrogen) atoms. The zero-order chi connectivity index (χ0) is 40.8. The molecular weight excluding hydrogens is 710 g/mol. The van der Waals surface area contributed by atoms with Crippen LogP contribution in [0.3, 0.4) is 0 Å². The fourth-order valence-electron chi connectivity index (χ4n) is 9.16. The number of ketones is 2. The quantitative estimate of drug-likeness (QED) is 0.180. The van der Waals surface area contributed by atoms with E-state index in [0.717, 1.165) is 10.5 Å². The van der Waals surface area contributed by atoms with E-state index in [0.29, 0.717) is 56.9 Å². The first kappa shape index (κ1) is 45.2. The standard InChI is InChI=1S/C42H67NO12/c1-9-29-17-23(2)16-24(3)18-35(52-7)38-36(53-8)20-26(5)42(51,55-38)39(48)40(49)43-15-11-10-12-30(43)41(50)54-37(27(6)32(45)22-33(29)46)25(4)19-28-13-14-31(44)34(47)21-28/h17,19,24,26-32,34-38,44-45,47,51H,9-16,18,20-22H2,1-8H3/b23-17+,25-19+/t24-,26+,27+,28+,29+,30-,31-,32-,34-,35?,36-,37+,38+,42+/m0/s1. The first-order valence-corrected chi connectivity index (χ1v) is 20.4. The van der Waals surface area contributed by atoms with Crippen LogP contribution in [0, 0.1) is 29.6 Å². The van der Waals surface area contributed by atoms with Crippen molar-refractivity contribution >= 4 is 23.4 Å². The van der Waals surface area contributed by atoms with Crippen LogP contribution in [0.4, 0.5) is 0 Å². The van der Waals surface area contributed by atoms with Gasteiger partial charge in [-0.25, -0.2) is 4.79 Å². The highest BCUT2D eigenvalue weighted by molar-refractivity contribution is 6.39. The van der Waals surface area contributed by atoms with Crippen LogP contribution in [0.15, 0.2) is 23.3 Å². The van der Waals surface area contributed by atoms with Gasteiger partial charge in [-0.2, -0.15) is 0 Å². The summed E-state index contributed by atoms with van der Waals surface area (Å²) in [6, 6.07) is -1.15. The molecule has 2 saturated heterocycles. The summed E-state index contributed by atoms with van der Waals surface area (Å²) >= 11 is 0.